The fourth-order valence-corrected chi connectivity index (χ4v) is 5.34. The minimum atomic E-state index is 0.268. The van der Waals surface area contributed by atoms with Gasteiger partial charge in [0, 0.05) is 12.0 Å². The van der Waals surface area contributed by atoms with Crippen LogP contribution < -0.4 is 5.32 Å². The fraction of sp³-hybridized carbons (Fsp3) is 0.267. The van der Waals surface area contributed by atoms with Crippen molar-refractivity contribution in [1.82, 2.24) is 14.9 Å². The van der Waals surface area contributed by atoms with Gasteiger partial charge in [-0.2, -0.15) is 5.26 Å². The molecule has 0 spiro atoms. The van der Waals surface area contributed by atoms with E-state index in [9.17, 15) is 0 Å². The molecule has 2 atom stereocenters. The van der Waals surface area contributed by atoms with Crippen LogP contribution in [0.5, 0.6) is 0 Å². The molecule has 0 bridgehead atoms. The first-order valence-electron chi connectivity index (χ1n) is 12.1. The highest BCUT2D eigenvalue weighted by Gasteiger charge is 2.29. The Morgan fingerprint density at radius 3 is 2.21 bits per heavy atom. The molecule has 0 saturated heterocycles. The second kappa shape index (κ2) is 10.1. The minimum Gasteiger partial charge on any atom is -0.323 e. The van der Waals surface area contributed by atoms with E-state index in [-0.39, 0.29) is 6.04 Å². The van der Waals surface area contributed by atoms with Gasteiger partial charge in [-0.3, -0.25) is 0 Å². The molecule has 34 heavy (non-hydrogen) atoms. The van der Waals surface area contributed by atoms with Crippen LogP contribution in [-0.4, -0.2) is 16.1 Å². The maximum absolute atomic E-state index is 9.14. The normalized spacial score (nSPS) is 17.3. The molecule has 3 aromatic carbocycles. The molecular formula is C30H30N4. The van der Waals surface area contributed by atoms with Crippen LogP contribution in [0.2, 0.25) is 0 Å². The first-order chi connectivity index (χ1) is 16.7. The smallest absolute Gasteiger partial charge is 0.106 e. The third-order valence-electron chi connectivity index (χ3n) is 7.06. The van der Waals surface area contributed by atoms with E-state index < -0.39 is 0 Å². The number of nitrogens with one attached hydrogen (secondary N) is 1. The van der Waals surface area contributed by atoms with Gasteiger partial charge in [0.1, 0.15) is 5.82 Å². The molecule has 2 heterocycles. The Balaban J connectivity index is 1.32. The maximum atomic E-state index is 9.14. The molecule has 1 aliphatic rings. The van der Waals surface area contributed by atoms with Crippen molar-refractivity contribution in [3.05, 3.63) is 125 Å². The Morgan fingerprint density at radius 2 is 1.59 bits per heavy atom. The SMILES string of the molecule is Cc1ncc2n1C(c1ccc(C#N)cc1)CCC2NCCC(c1ccccc1)c1ccccc1. The molecule has 4 aromatic rings. The molecule has 0 radical (unpaired) electrons. The molecule has 4 nitrogen and oxygen atoms in total. The molecule has 1 aromatic heterocycles. The van der Waals surface area contributed by atoms with Crippen LogP contribution >= 0.6 is 0 Å². The van der Waals surface area contributed by atoms with Gasteiger partial charge in [-0.05, 0) is 61.6 Å². The van der Waals surface area contributed by atoms with E-state index in [1.807, 2.05) is 18.3 Å². The summed E-state index contributed by atoms with van der Waals surface area (Å²) in [5.74, 6) is 1.42. The van der Waals surface area contributed by atoms with Crippen LogP contribution in [0.15, 0.2) is 91.1 Å². The first-order valence-corrected chi connectivity index (χ1v) is 12.1. The highest BCUT2D eigenvalue weighted by molar-refractivity contribution is 5.35. The van der Waals surface area contributed by atoms with Crippen LogP contribution in [0.1, 0.15) is 71.0 Å². The van der Waals surface area contributed by atoms with Gasteiger partial charge >= 0.3 is 0 Å². The third kappa shape index (κ3) is 4.53. The van der Waals surface area contributed by atoms with Gasteiger partial charge in [0.15, 0.2) is 0 Å². The number of aromatic nitrogens is 2. The molecule has 4 heteroatoms. The van der Waals surface area contributed by atoms with Gasteiger partial charge < -0.3 is 9.88 Å². The summed E-state index contributed by atoms with van der Waals surface area (Å²) in [6, 6.07) is 32.4. The molecule has 170 valence electrons. The summed E-state index contributed by atoms with van der Waals surface area (Å²) in [6.07, 6.45) is 5.19. The lowest BCUT2D eigenvalue weighted by atomic mass is 9.88. The van der Waals surface area contributed by atoms with Crippen LogP contribution in [0.3, 0.4) is 0 Å². The van der Waals surface area contributed by atoms with E-state index in [0.29, 0.717) is 17.5 Å². The summed E-state index contributed by atoms with van der Waals surface area (Å²) in [4.78, 5) is 4.67. The van der Waals surface area contributed by atoms with Gasteiger partial charge in [0.05, 0.1) is 29.6 Å². The number of hydrogen-bond donors (Lipinski definition) is 1. The Kier molecular flexibility index (Phi) is 6.56. The van der Waals surface area contributed by atoms with Crippen molar-refractivity contribution < 1.29 is 0 Å². The predicted molar refractivity (Wildman–Crippen MR) is 136 cm³/mol. The lowest BCUT2D eigenvalue weighted by Crippen LogP contribution is -2.32. The average Bonchev–Trinajstić information content (AvgIpc) is 3.29. The van der Waals surface area contributed by atoms with E-state index in [0.717, 1.165) is 31.6 Å². The zero-order chi connectivity index (χ0) is 23.3. The highest BCUT2D eigenvalue weighted by atomic mass is 15.1. The number of imidazole rings is 1. The van der Waals surface area contributed by atoms with Crippen molar-refractivity contribution in [1.29, 1.82) is 5.26 Å². The Morgan fingerprint density at radius 1 is 0.941 bits per heavy atom. The zero-order valence-corrected chi connectivity index (χ0v) is 19.6. The second-order valence-corrected chi connectivity index (χ2v) is 9.10. The Bertz CT molecular complexity index is 1210. The van der Waals surface area contributed by atoms with E-state index in [4.69, 9.17) is 5.26 Å². The average molecular weight is 447 g/mol. The van der Waals surface area contributed by atoms with E-state index >= 15 is 0 Å². The molecule has 0 amide bonds. The van der Waals surface area contributed by atoms with Crippen LogP contribution in [-0.2, 0) is 0 Å². The summed E-state index contributed by atoms with van der Waals surface area (Å²) in [5, 5.41) is 13.0. The standard InChI is InChI=1S/C30H30N4/c1-22-33-21-30-28(16-17-29(34(22)30)26-14-12-23(20-31)13-15-26)32-19-18-27(24-8-4-2-5-9-24)25-10-6-3-7-11-25/h2-15,21,27-29,32H,16-19H2,1H3. The number of nitriles is 1. The quantitative estimate of drug-likeness (QED) is 0.362. The number of nitrogens with zero attached hydrogens (tertiary/aromatic N) is 3. The summed E-state index contributed by atoms with van der Waals surface area (Å²) >= 11 is 0. The number of hydrogen-bond acceptors (Lipinski definition) is 3. The molecule has 0 saturated carbocycles. The molecule has 5 rings (SSSR count). The van der Waals surface area contributed by atoms with Crippen molar-refractivity contribution in [3.8, 4) is 6.07 Å². The van der Waals surface area contributed by atoms with Gasteiger partial charge in [0.25, 0.3) is 0 Å². The van der Waals surface area contributed by atoms with Crippen LogP contribution in [0.25, 0.3) is 0 Å². The van der Waals surface area contributed by atoms with Crippen molar-refractivity contribution in [3.63, 3.8) is 0 Å². The molecule has 0 fully saturated rings. The first kappa shape index (κ1) is 22.1. The summed E-state index contributed by atoms with van der Waals surface area (Å²) < 4.78 is 2.38. The largest absolute Gasteiger partial charge is 0.323 e. The van der Waals surface area contributed by atoms with Crippen molar-refractivity contribution in [2.75, 3.05) is 6.54 Å². The summed E-state index contributed by atoms with van der Waals surface area (Å²) in [6.45, 7) is 3.02. The molecule has 1 aliphatic heterocycles. The number of benzene rings is 3. The monoisotopic (exact) mass is 446 g/mol. The fourth-order valence-electron chi connectivity index (χ4n) is 5.34. The lowest BCUT2D eigenvalue weighted by molar-refractivity contribution is 0.353. The van der Waals surface area contributed by atoms with Crippen LogP contribution in [0, 0.1) is 18.3 Å². The third-order valence-corrected chi connectivity index (χ3v) is 7.06. The minimum absolute atomic E-state index is 0.268. The van der Waals surface area contributed by atoms with Gasteiger partial charge in [-0.25, -0.2) is 4.98 Å². The maximum Gasteiger partial charge on any atom is 0.106 e. The lowest BCUT2D eigenvalue weighted by Gasteiger charge is -2.33. The topological polar surface area (TPSA) is 53.6 Å². The highest BCUT2D eigenvalue weighted by Crippen LogP contribution is 2.37. The Labute approximate surface area is 201 Å². The summed E-state index contributed by atoms with van der Waals surface area (Å²) in [7, 11) is 0. The van der Waals surface area contributed by atoms with Crippen molar-refractivity contribution >= 4 is 0 Å². The van der Waals surface area contributed by atoms with Gasteiger partial charge in [-0.15, -0.1) is 0 Å². The van der Waals surface area contributed by atoms with E-state index in [1.54, 1.807) is 0 Å². The van der Waals surface area contributed by atoms with Gasteiger partial charge in [0.2, 0.25) is 0 Å². The summed E-state index contributed by atoms with van der Waals surface area (Å²) in [5.41, 5.74) is 5.93. The van der Waals surface area contributed by atoms with Crippen molar-refractivity contribution in [2.24, 2.45) is 0 Å². The molecule has 1 N–H and O–H groups in total. The van der Waals surface area contributed by atoms with Gasteiger partial charge in [-0.1, -0.05) is 72.8 Å². The Hall–Kier alpha value is -3.68. The van der Waals surface area contributed by atoms with Crippen LogP contribution in [0.4, 0.5) is 0 Å². The zero-order valence-electron chi connectivity index (χ0n) is 19.6. The number of fused-ring (bicyclic) bond motifs is 1. The second-order valence-electron chi connectivity index (χ2n) is 9.10. The van der Waals surface area contributed by atoms with E-state index in [1.165, 1.54) is 22.4 Å². The predicted octanol–water partition coefficient (Wildman–Crippen LogP) is 6.30. The van der Waals surface area contributed by atoms with E-state index in [2.05, 4.69) is 101 Å². The molecule has 0 aliphatic carbocycles. The number of aryl methyl sites for hydroxylation is 1. The molecular weight excluding hydrogens is 416 g/mol. The van der Waals surface area contributed by atoms with Crippen molar-refractivity contribution in [2.45, 2.75) is 44.2 Å². The molecule has 2 unspecified atom stereocenters. The number of rotatable bonds is 7.